The molecular formula is C29H38O3. The van der Waals surface area contributed by atoms with Crippen LogP contribution in [-0.4, -0.2) is 23.3 Å². The third kappa shape index (κ3) is 3.39. The summed E-state index contributed by atoms with van der Waals surface area (Å²) in [5.41, 5.74) is 4.02. The Kier molecular flexibility index (Phi) is 5.40. The van der Waals surface area contributed by atoms with Gasteiger partial charge in [-0.3, -0.25) is 4.79 Å². The monoisotopic (exact) mass is 434 g/mol. The quantitative estimate of drug-likeness (QED) is 0.446. The van der Waals surface area contributed by atoms with Crippen molar-refractivity contribution in [1.82, 2.24) is 0 Å². The molecule has 3 heteroatoms. The van der Waals surface area contributed by atoms with E-state index in [1.165, 1.54) is 23.1 Å². The number of allylic oxidation sites excluding steroid dienone is 1. The van der Waals surface area contributed by atoms with Crippen molar-refractivity contribution in [2.45, 2.75) is 77.9 Å². The summed E-state index contributed by atoms with van der Waals surface area (Å²) >= 11 is 0. The van der Waals surface area contributed by atoms with E-state index in [0.717, 1.165) is 38.5 Å². The predicted octanol–water partition coefficient (Wildman–Crippen LogP) is 6.18. The Hall–Kier alpha value is -1.87. The van der Waals surface area contributed by atoms with E-state index >= 15 is 0 Å². The van der Waals surface area contributed by atoms with Gasteiger partial charge in [-0.25, -0.2) is 0 Å². The SMILES string of the molecule is C=C1C[C@@H]2[C@H]3C/C(=C\c4ccccc4)[C@@H](OC(C)=O)[C@]3(C)CC[C@H]2[C@]2(C)CC[C@H](O)C[C@@H]12. The molecule has 0 radical (unpaired) electrons. The zero-order chi connectivity index (χ0) is 22.7. The fourth-order valence-corrected chi connectivity index (χ4v) is 8.34. The number of carbonyl (C=O) groups is 1. The number of ether oxygens (including phenoxy) is 1. The molecule has 4 aliphatic rings. The maximum Gasteiger partial charge on any atom is 0.303 e. The first kappa shape index (κ1) is 21.9. The van der Waals surface area contributed by atoms with Crippen molar-refractivity contribution in [2.24, 2.45) is 34.5 Å². The van der Waals surface area contributed by atoms with Crippen LogP contribution in [0.4, 0.5) is 0 Å². The van der Waals surface area contributed by atoms with Crippen molar-refractivity contribution in [3.63, 3.8) is 0 Å². The van der Waals surface area contributed by atoms with Gasteiger partial charge in [-0.2, -0.15) is 0 Å². The third-order valence-electron chi connectivity index (χ3n) is 9.86. The number of carbonyl (C=O) groups excluding carboxylic acids is 1. The van der Waals surface area contributed by atoms with Crippen LogP contribution in [0.1, 0.15) is 71.3 Å². The van der Waals surface area contributed by atoms with Crippen LogP contribution < -0.4 is 0 Å². The summed E-state index contributed by atoms with van der Waals surface area (Å²) in [5, 5.41) is 10.4. The van der Waals surface area contributed by atoms with E-state index in [2.05, 4.69) is 50.8 Å². The van der Waals surface area contributed by atoms with Crippen molar-refractivity contribution in [3.05, 3.63) is 53.6 Å². The molecule has 1 aromatic rings. The molecule has 32 heavy (non-hydrogen) atoms. The average Bonchev–Trinajstić information content (AvgIpc) is 3.02. The smallest absolute Gasteiger partial charge is 0.303 e. The van der Waals surface area contributed by atoms with Crippen LogP contribution >= 0.6 is 0 Å². The molecule has 0 aliphatic heterocycles. The van der Waals surface area contributed by atoms with Gasteiger partial charge < -0.3 is 9.84 Å². The van der Waals surface area contributed by atoms with Crippen LogP contribution in [0.2, 0.25) is 0 Å². The van der Waals surface area contributed by atoms with Gasteiger partial charge in [0, 0.05) is 12.3 Å². The first-order chi connectivity index (χ1) is 15.2. The lowest BCUT2D eigenvalue weighted by atomic mass is 9.44. The molecule has 0 bridgehead atoms. The van der Waals surface area contributed by atoms with Crippen molar-refractivity contribution in [2.75, 3.05) is 0 Å². The van der Waals surface area contributed by atoms with E-state index in [1.54, 1.807) is 6.92 Å². The number of rotatable bonds is 2. The largest absolute Gasteiger partial charge is 0.457 e. The number of benzene rings is 1. The zero-order valence-corrected chi connectivity index (χ0v) is 19.8. The minimum Gasteiger partial charge on any atom is -0.457 e. The predicted molar refractivity (Wildman–Crippen MR) is 128 cm³/mol. The van der Waals surface area contributed by atoms with Gasteiger partial charge in [0.15, 0.2) is 0 Å². The Balaban J connectivity index is 1.51. The molecular weight excluding hydrogens is 396 g/mol. The fraction of sp³-hybridized carbons (Fsp3) is 0.621. The summed E-state index contributed by atoms with van der Waals surface area (Å²) in [5.74, 6) is 2.01. The molecule has 0 unspecified atom stereocenters. The highest BCUT2D eigenvalue weighted by atomic mass is 16.5. The highest BCUT2D eigenvalue weighted by Crippen LogP contribution is 2.68. The fourth-order valence-electron chi connectivity index (χ4n) is 8.34. The van der Waals surface area contributed by atoms with E-state index in [1.807, 2.05) is 6.07 Å². The van der Waals surface area contributed by atoms with Gasteiger partial charge in [0.1, 0.15) is 6.10 Å². The van der Waals surface area contributed by atoms with Gasteiger partial charge in [-0.05, 0) is 85.2 Å². The van der Waals surface area contributed by atoms with Gasteiger partial charge in [0.25, 0.3) is 0 Å². The van der Waals surface area contributed by atoms with Crippen molar-refractivity contribution < 1.29 is 14.6 Å². The lowest BCUT2D eigenvalue weighted by Gasteiger charge is -2.61. The highest BCUT2D eigenvalue weighted by Gasteiger charge is 2.62. The second kappa shape index (κ2) is 7.87. The van der Waals surface area contributed by atoms with Crippen LogP contribution in [-0.2, 0) is 9.53 Å². The Labute approximate surface area is 192 Å². The van der Waals surface area contributed by atoms with Gasteiger partial charge in [0.2, 0.25) is 0 Å². The summed E-state index contributed by atoms with van der Waals surface area (Å²) < 4.78 is 6.06. The molecule has 0 amide bonds. The summed E-state index contributed by atoms with van der Waals surface area (Å²) in [6.45, 7) is 10.9. The number of aliphatic hydroxyl groups excluding tert-OH is 1. The van der Waals surface area contributed by atoms with E-state index in [4.69, 9.17) is 4.74 Å². The van der Waals surface area contributed by atoms with Gasteiger partial charge in [-0.1, -0.05) is 62.4 Å². The lowest BCUT2D eigenvalue weighted by molar-refractivity contribution is -0.157. The van der Waals surface area contributed by atoms with Crippen LogP contribution in [0.3, 0.4) is 0 Å². The summed E-state index contributed by atoms with van der Waals surface area (Å²) in [6, 6.07) is 10.4. The second-order valence-electron chi connectivity index (χ2n) is 11.6. The maximum atomic E-state index is 12.1. The number of hydrogen-bond donors (Lipinski definition) is 1. The minimum atomic E-state index is -0.181. The Morgan fingerprint density at radius 1 is 1.09 bits per heavy atom. The van der Waals surface area contributed by atoms with E-state index in [-0.39, 0.29) is 29.0 Å². The van der Waals surface area contributed by atoms with Crippen LogP contribution in [0.25, 0.3) is 6.08 Å². The molecule has 172 valence electrons. The molecule has 4 fully saturated rings. The third-order valence-corrected chi connectivity index (χ3v) is 9.86. The maximum absolute atomic E-state index is 12.1. The van der Waals surface area contributed by atoms with Crippen molar-refractivity contribution in [3.8, 4) is 0 Å². The topological polar surface area (TPSA) is 46.5 Å². The second-order valence-corrected chi connectivity index (χ2v) is 11.6. The molecule has 1 N–H and O–H groups in total. The molecule has 8 atom stereocenters. The Bertz CT molecular complexity index is 933. The number of aliphatic hydroxyl groups is 1. The van der Waals surface area contributed by atoms with Crippen molar-refractivity contribution >= 4 is 12.0 Å². The Morgan fingerprint density at radius 3 is 2.53 bits per heavy atom. The summed E-state index contributed by atoms with van der Waals surface area (Å²) in [4.78, 5) is 12.1. The lowest BCUT2D eigenvalue weighted by Crippen LogP contribution is -2.55. The normalized spacial score (nSPS) is 44.5. The van der Waals surface area contributed by atoms with Gasteiger partial charge >= 0.3 is 5.97 Å². The summed E-state index contributed by atoms with van der Waals surface area (Å²) in [6.07, 6.45) is 9.20. The van der Waals surface area contributed by atoms with Crippen molar-refractivity contribution in [1.29, 1.82) is 0 Å². The first-order valence-electron chi connectivity index (χ1n) is 12.5. The molecule has 4 aliphatic carbocycles. The number of fused-ring (bicyclic) bond motifs is 5. The summed E-state index contributed by atoms with van der Waals surface area (Å²) in [7, 11) is 0. The number of esters is 1. The number of hydrogen-bond acceptors (Lipinski definition) is 3. The molecule has 1 aromatic carbocycles. The molecule has 3 nitrogen and oxygen atoms in total. The van der Waals surface area contributed by atoms with Gasteiger partial charge in [-0.15, -0.1) is 0 Å². The zero-order valence-electron chi connectivity index (χ0n) is 19.8. The first-order valence-corrected chi connectivity index (χ1v) is 12.5. The van der Waals surface area contributed by atoms with E-state index in [0.29, 0.717) is 23.7 Å². The van der Waals surface area contributed by atoms with Gasteiger partial charge in [0.05, 0.1) is 6.10 Å². The van der Waals surface area contributed by atoms with E-state index in [9.17, 15) is 9.90 Å². The molecule has 5 rings (SSSR count). The standard InChI is InChI=1S/C29H38O3/c1-18-14-23-24(28(3)12-10-22(31)17-25(18)28)11-13-29(4)26(23)16-21(27(29)32-19(2)30)15-20-8-6-5-7-9-20/h5-9,15,22-27,31H,1,10-14,16-17H2,2-4H3/b21-15+/t22-,23-,24+,25-,26+,27+,28-,29+/m0/s1. The van der Waals surface area contributed by atoms with E-state index < -0.39 is 0 Å². The molecule has 0 saturated heterocycles. The Morgan fingerprint density at radius 2 is 1.81 bits per heavy atom. The van der Waals surface area contributed by atoms with Crippen LogP contribution in [0.15, 0.2) is 48.1 Å². The average molecular weight is 435 g/mol. The molecule has 0 heterocycles. The van der Waals surface area contributed by atoms with Crippen LogP contribution in [0.5, 0.6) is 0 Å². The molecule has 4 saturated carbocycles. The highest BCUT2D eigenvalue weighted by molar-refractivity contribution is 5.67. The minimum absolute atomic E-state index is 0.0227. The molecule has 0 aromatic heterocycles. The van der Waals surface area contributed by atoms with Crippen LogP contribution in [0, 0.1) is 34.5 Å². The molecule has 0 spiro atoms.